The average molecular weight is 338 g/mol. The van der Waals surface area contributed by atoms with Gasteiger partial charge in [-0.2, -0.15) is 0 Å². The van der Waals surface area contributed by atoms with Gasteiger partial charge in [0.1, 0.15) is 12.2 Å². The highest BCUT2D eigenvalue weighted by molar-refractivity contribution is 5.87. The Morgan fingerprint density at radius 1 is 1.12 bits per heavy atom. The molecule has 1 aliphatic carbocycles. The van der Waals surface area contributed by atoms with Crippen molar-refractivity contribution in [2.45, 2.75) is 31.2 Å². The van der Waals surface area contributed by atoms with Crippen molar-refractivity contribution in [1.82, 2.24) is 0 Å². The van der Waals surface area contributed by atoms with Gasteiger partial charge < -0.3 is 30.3 Å². The number of carboxylic acids is 1. The number of carbonyl (C=O) groups excluding carboxylic acids is 1. The molecular weight excluding hydrogens is 320 g/mol. The highest BCUT2D eigenvalue weighted by Crippen LogP contribution is 2.28. The minimum Gasteiger partial charge on any atom is -0.504 e. The van der Waals surface area contributed by atoms with Gasteiger partial charge in [0.05, 0.1) is 12.0 Å². The Balaban J connectivity index is 2.00. The summed E-state index contributed by atoms with van der Waals surface area (Å²) in [5.74, 6) is -3.50. The highest BCUT2D eigenvalue weighted by Gasteiger charge is 2.40. The molecule has 0 aliphatic heterocycles. The molecule has 0 saturated heterocycles. The third kappa shape index (κ3) is 4.24. The lowest BCUT2D eigenvalue weighted by Crippen LogP contribution is -2.48. The number of hydrogen-bond donors (Lipinski definition) is 5. The average Bonchev–Trinajstić information content (AvgIpc) is 2.52. The predicted molar refractivity (Wildman–Crippen MR) is 81.1 cm³/mol. The van der Waals surface area contributed by atoms with Gasteiger partial charge in [-0.1, -0.05) is 6.07 Å². The fourth-order valence-corrected chi connectivity index (χ4v) is 2.51. The molecule has 0 bridgehead atoms. The second-order valence-electron chi connectivity index (χ2n) is 5.62. The quantitative estimate of drug-likeness (QED) is 0.298. The molecule has 1 saturated carbocycles. The number of aliphatic carboxylic acids is 1. The topological polar surface area (TPSA) is 145 Å². The first kappa shape index (κ1) is 17.8. The first-order valence-electron chi connectivity index (χ1n) is 7.27. The molecule has 4 atom stereocenters. The van der Waals surface area contributed by atoms with Crippen molar-refractivity contribution in [2.24, 2.45) is 5.92 Å². The zero-order valence-corrected chi connectivity index (χ0v) is 12.6. The standard InChI is InChI=1S/C16H18O8/c17-10-3-1-8(5-11(10)18)2-4-14(20)24-13-7-9(16(22)23)6-12(19)15(13)21/h1-5,9,12-13,15,17-19,21H,6-7H2,(H,22,23)/b4-2+. The molecule has 24 heavy (non-hydrogen) atoms. The Bertz CT molecular complexity index is 653. The van der Waals surface area contributed by atoms with E-state index in [2.05, 4.69) is 0 Å². The van der Waals surface area contributed by atoms with Crippen molar-refractivity contribution in [3.05, 3.63) is 29.8 Å². The number of rotatable bonds is 4. The van der Waals surface area contributed by atoms with E-state index in [9.17, 15) is 30.0 Å². The van der Waals surface area contributed by atoms with Gasteiger partial charge in [0.25, 0.3) is 0 Å². The molecule has 1 fully saturated rings. The van der Waals surface area contributed by atoms with E-state index >= 15 is 0 Å². The summed E-state index contributed by atoms with van der Waals surface area (Å²) in [4.78, 5) is 22.8. The van der Waals surface area contributed by atoms with Crippen LogP contribution in [-0.2, 0) is 14.3 Å². The predicted octanol–water partition coefficient (Wildman–Crippen LogP) is 0.239. The second kappa shape index (κ2) is 7.33. The number of aliphatic hydroxyl groups is 2. The molecule has 1 aliphatic rings. The third-order valence-electron chi connectivity index (χ3n) is 3.85. The minimum atomic E-state index is -1.35. The molecule has 8 nitrogen and oxygen atoms in total. The van der Waals surface area contributed by atoms with E-state index in [4.69, 9.17) is 9.84 Å². The van der Waals surface area contributed by atoms with Crippen LogP contribution in [0.2, 0.25) is 0 Å². The van der Waals surface area contributed by atoms with Crippen LogP contribution in [0.1, 0.15) is 18.4 Å². The number of carboxylic acid groups (broad SMARTS) is 1. The van der Waals surface area contributed by atoms with Crippen LogP contribution < -0.4 is 0 Å². The number of aromatic hydroxyl groups is 2. The van der Waals surface area contributed by atoms with Crippen LogP contribution in [0.3, 0.4) is 0 Å². The number of carbonyl (C=O) groups is 2. The van der Waals surface area contributed by atoms with Crippen LogP contribution in [-0.4, -0.2) is 55.8 Å². The fraction of sp³-hybridized carbons (Fsp3) is 0.375. The van der Waals surface area contributed by atoms with Crippen LogP contribution in [0.4, 0.5) is 0 Å². The Morgan fingerprint density at radius 2 is 1.83 bits per heavy atom. The van der Waals surface area contributed by atoms with Gasteiger partial charge in [0, 0.05) is 12.5 Å². The molecule has 0 radical (unpaired) electrons. The third-order valence-corrected chi connectivity index (χ3v) is 3.85. The van der Waals surface area contributed by atoms with Crippen LogP contribution in [0.15, 0.2) is 24.3 Å². The first-order chi connectivity index (χ1) is 11.3. The van der Waals surface area contributed by atoms with Crippen LogP contribution in [0.25, 0.3) is 6.08 Å². The fourth-order valence-electron chi connectivity index (χ4n) is 2.51. The van der Waals surface area contributed by atoms with Gasteiger partial charge in [0.15, 0.2) is 11.5 Å². The summed E-state index contributed by atoms with van der Waals surface area (Å²) in [5, 5.41) is 47.1. The molecule has 0 heterocycles. The molecule has 5 N–H and O–H groups in total. The number of hydrogen-bond acceptors (Lipinski definition) is 7. The Morgan fingerprint density at radius 3 is 2.46 bits per heavy atom. The number of aliphatic hydroxyl groups excluding tert-OH is 2. The zero-order chi connectivity index (χ0) is 17.9. The van der Waals surface area contributed by atoms with Crippen molar-refractivity contribution in [3.63, 3.8) is 0 Å². The Hall–Kier alpha value is -2.58. The second-order valence-corrected chi connectivity index (χ2v) is 5.62. The van der Waals surface area contributed by atoms with Crippen molar-refractivity contribution in [1.29, 1.82) is 0 Å². The van der Waals surface area contributed by atoms with E-state index in [1.54, 1.807) is 0 Å². The van der Waals surface area contributed by atoms with E-state index in [0.29, 0.717) is 5.56 Å². The van der Waals surface area contributed by atoms with Crippen molar-refractivity contribution in [2.75, 3.05) is 0 Å². The van der Waals surface area contributed by atoms with E-state index in [0.717, 1.165) is 6.08 Å². The molecule has 8 heteroatoms. The number of esters is 1. The molecule has 0 amide bonds. The van der Waals surface area contributed by atoms with Gasteiger partial charge in [-0.25, -0.2) is 4.79 Å². The highest BCUT2D eigenvalue weighted by atomic mass is 16.6. The molecule has 4 unspecified atom stereocenters. The van der Waals surface area contributed by atoms with E-state index < -0.39 is 36.2 Å². The lowest BCUT2D eigenvalue weighted by molar-refractivity contribution is -0.169. The molecular formula is C16H18O8. The summed E-state index contributed by atoms with van der Waals surface area (Å²) in [7, 11) is 0. The van der Waals surface area contributed by atoms with Crippen molar-refractivity contribution in [3.8, 4) is 11.5 Å². The molecule has 130 valence electrons. The SMILES string of the molecule is O=C(/C=C/c1ccc(O)c(O)c1)OC1CC(C(=O)O)CC(O)C1O. The van der Waals surface area contributed by atoms with Crippen LogP contribution in [0, 0.1) is 5.92 Å². The largest absolute Gasteiger partial charge is 0.504 e. The van der Waals surface area contributed by atoms with Crippen molar-refractivity contribution < 1.29 is 39.9 Å². The molecule has 1 aromatic carbocycles. The van der Waals surface area contributed by atoms with E-state index in [1.165, 1.54) is 24.3 Å². The minimum absolute atomic E-state index is 0.0901. The van der Waals surface area contributed by atoms with Gasteiger partial charge in [0.2, 0.25) is 0 Å². The van der Waals surface area contributed by atoms with Gasteiger partial charge >= 0.3 is 11.9 Å². The van der Waals surface area contributed by atoms with Gasteiger partial charge in [-0.3, -0.25) is 4.79 Å². The summed E-state index contributed by atoms with van der Waals surface area (Å²) >= 11 is 0. The maximum atomic E-state index is 11.8. The molecule has 2 rings (SSSR count). The van der Waals surface area contributed by atoms with Crippen LogP contribution >= 0.6 is 0 Å². The van der Waals surface area contributed by atoms with E-state index in [1.807, 2.05) is 0 Å². The van der Waals surface area contributed by atoms with Crippen molar-refractivity contribution >= 4 is 18.0 Å². The van der Waals surface area contributed by atoms with Crippen LogP contribution in [0.5, 0.6) is 11.5 Å². The number of phenolic OH excluding ortho intramolecular Hbond substituents is 2. The summed E-state index contributed by atoms with van der Waals surface area (Å²) < 4.78 is 5.02. The maximum absolute atomic E-state index is 11.8. The Kier molecular flexibility index (Phi) is 5.42. The van der Waals surface area contributed by atoms with Gasteiger partial charge in [-0.05, 0) is 30.2 Å². The number of phenols is 2. The molecule has 0 spiro atoms. The lowest BCUT2D eigenvalue weighted by Gasteiger charge is -2.34. The summed E-state index contributed by atoms with van der Waals surface area (Å²) in [6, 6.07) is 3.94. The normalized spacial score (nSPS) is 27.1. The van der Waals surface area contributed by atoms with Gasteiger partial charge in [-0.15, -0.1) is 0 Å². The summed E-state index contributed by atoms with van der Waals surface area (Å²) in [6.07, 6.45) is -1.59. The summed E-state index contributed by atoms with van der Waals surface area (Å²) in [6.45, 7) is 0. The number of ether oxygens (including phenoxy) is 1. The Labute approximate surface area is 137 Å². The van der Waals surface area contributed by atoms with E-state index in [-0.39, 0.29) is 24.3 Å². The summed E-state index contributed by atoms with van der Waals surface area (Å²) in [5.41, 5.74) is 0.426. The first-order valence-corrected chi connectivity index (χ1v) is 7.27. The maximum Gasteiger partial charge on any atom is 0.331 e. The molecule has 0 aromatic heterocycles. The lowest BCUT2D eigenvalue weighted by atomic mass is 9.83. The smallest absolute Gasteiger partial charge is 0.331 e. The number of benzene rings is 1. The zero-order valence-electron chi connectivity index (χ0n) is 12.6. The monoisotopic (exact) mass is 338 g/mol. The molecule has 1 aromatic rings.